The van der Waals surface area contributed by atoms with Crippen molar-refractivity contribution in [1.29, 1.82) is 0 Å². The molecule has 1 aromatic heterocycles. The van der Waals surface area contributed by atoms with Crippen LogP contribution in [-0.4, -0.2) is 24.2 Å². The van der Waals surface area contributed by atoms with E-state index in [2.05, 4.69) is 22.5 Å². The molecule has 0 fully saturated rings. The number of carbonyl (C=O) groups is 1. The number of hydrogen-bond donors (Lipinski definition) is 2. The number of nitrogens with one attached hydrogen (secondary N) is 2. The summed E-state index contributed by atoms with van der Waals surface area (Å²) >= 11 is 1.41. The molecular weight excluding hydrogens is 358 g/mol. The molecule has 0 saturated heterocycles. The van der Waals surface area contributed by atoms with Gasteiger partial charge in [0.2, 0.25) is 0 Å². The van der Waals surface area contributed by atoms with Gasteiger partial charge in [-0.05, 0) is 42.7 Å². The molecule has 0 radical (unpaired) electrons. The lowest BCUT2D eigenvalue weighted by Gasteiger charge is -2.06. The zero-order chi connectivity index (χ0) is 18.9. The van der Waals surface area contributed by atoms with E-state index in [1.807, 2.05) is 60.0 Å². The molecule has 0 aliphatic rings. The highest BCUT2D eigenvalue weighted by atomic mass is 32.1. The van der Waals surface area contributed by atoms with Gasteiger partial charge in [-0.25, -0.2) is 9.78 Å². The molecule has 2 aromatic carbocycles. The number of benzene rings is 2. The van der Waals surface area contributed by atoms with Gasteiger partial charge in [0.15, 0.2) is 5.13 Å². The molecule has 0 bridgehead atoms. The predicted molar refractivity (Wildman–Crippen MR) is 111 cm³/mol. The van der Waals surface area contributed by atoms with Crippen LogP contribution < -0.4 is 15.4 Å². The minimum absolute atomic E-state index is 0.241. The number of thiazole rings is 1. The third kappa shape index (κ3) is 5.82. The Balaban J connectivity index is 1.49. The maximum Gasteiger partial charge on any atom is 0.321 e. The molecule has 0 aliphatic heterocycles. The fourth-order valence-corrected chi connectivity index (χ4v) is 3.23. The summed E-state index contributed by atoms with van der Waals surface area (Å²) in [5.74, 6) is 0.854. The van der Waals surface area contributed by atoms with Gasteiger partial charge >= 0.3 is 6.03 Å². The van der Waals surface area contributed by atoms with Crippen molar-refractivity contribution >= 4 is 22.5 Å². The third-order valence-corrected chi connectivity index (χ3v) is 4.65. The summed E-state index contributed by atoms with van der Waals surface area (Å²) in [6, 6.07) is 17.7. The Morgan fingerprint density at radius 2 is 1.89 bits per heavy atom. The molecule has 3 aromatic rings. The van der Waals surface area contributed by atoms with Crippen LogP contribution >= 0.6 is 11.3 Å². The van der Waals surface area contributed by atoms with Gasteiger partial charge in [0.25, 0.3) is 0 Å². The van der Waals surface area contributed by atoms with E-state index >= 15 is 0 Å². The van der Waals surface area contributed by atoms with E-state index in [1.54, 1.807) is 0 Å². The normalized spacial score (nSPS) is 10.4. The van der Waals surface area contributed by atoms with Gasteiger partial charge in [0.05, 0.1) is 12.3 Å². The topological polar surface area (TPSA) is 63.2 Å². The molecule has 0 spiro atoms. The van der Waals surface area contributed by atoms with E-state index in [1.165, 1.54) is 16.9 Å². The molecule has 2 amide bonds. The zero-order valence-corrected chi connectivity index (χ0v) is 16.1. The molecule has 27 heavy (non-hydrogen) atoms. The lowest BCUT2D eigenvalue weighted by molar-refractivity contribution is 0.252. The minimum Gasteiger partial charge on any atom is -0.494 e. The summed E-state index contributed by atoms with van der Waals surface area (Å²) in [6.07, 6.45) is 1.78. The van der Waals surface area contributed by atoms with Crippen molar-refractivity contribution in [2.75, 3.05) is 18.5 Å². The van der Waals surface area contributed by atoms with E-state index in [9.17, 15) is 4.79 Å². The Bertz CT molecular complexity index is 847. The minimum atomic E-state index is -0.241. The van der Waals surface area contributed by atoms with Gasteiger partial charge in [-0.15, -0.1) is 11.3 Å². The lowest BCUT2D eigenvalue weighted by atomic mass is 10.1. The highest BCUT2D eigenvalue weighted by molar-refractivity contribution is 7.14. The first-order valence-electron chi connectivity index (χ1n) is 9.02. The van der Waals surface area contributed by atoms with Crippen LogP contribution in [0.2, 0.25) is 0 Å². The Morgan fingerprint density at radius 1 is 1.11 bits per heavy atom. The maximum atomic E-state index is 12.0. The van der Waals surface area contributed by atoms with Crippen LogP contribution in [0.4, 0.5) is 9.93 Å². The summed E-state index contributed by atoms with van der Waals surface area (Å²) in [5.41, 5.74) is 3.02. The number of nitrogens with zero attached hydrogens (tertiary/aromatic N) is 1. The van der Waals surface area contributed by atoms with Gasteiger partial charge in [-0.1, -0.05) is 37.3 Å². The van der Waals surface area contributed by atoms with Gasteiger partial charge in [-0.2, -0.15) is 0 Å². The van der Waals surface area contributed by atoms with E-state index in [-0.39, 0.29) is 6.03 Å². The summed E-state index contributed by atoms with van der Waals surface area (Å²) in [7, 11) is 0. The van der Waals surface area contributed by atoms with E-state index < -0.39 is 0 Å². The number of ether oxygens (including phenoxy) is 1. The molecular formula is C21H23N3O2S. The summed E-state index contributed by atoms with van der Waals surface area (Å²) < 4.78 is 5.59. The van der Waals surface area contributed by atoms with E-state index in [4.69, 9.17) is 4.74 Å². The van der Waals surface area contributed by atoms with E-state index in [0.717, 1.165) is 29.8 Å². The smallest absolute Gasteiger partial charge is 0.321 e. The third-order valence-electron chi connectivity index (χ3n) is 3.89. The van der Waals surface area contributed by atoms with Gasteiger partial charge in [-0.3, -0.25) is 5.32 Å². The van der Waals surface area contributed by atoms with Crippen molar-refractivity contribution in [3.05, 3.63) is 65.5 Å². The number of rotatable bonds is 8. The fraction of sp³-hybridized carbons (Fsp3) is 0.238. The summed E-state index contributed by atoms with van der Waals surface area (Å²) in [4.78, 5) is 16.5. The Kier molecular flexibility index (Phi) is 6.82. The van der Waals surface area contributed by atoms with Crippen LogP contribution in [0.25, 0.3) is 11.3 Å². The Labute approximate surface area is 163 Å². The van der Waals surface area contributed by atoms with Crippen LogP contribution in [-0.2, 0) is 6.42 Å². The second kappa shape index (κ2) is 9.73. The number of urea groups is 1. The number of carbonyl (C=O) groups excluding carboxylic acids is 1. The Morgan fingerprint density at radius 3 is 2.63 bits per heavy atom. The molecule has 0 atom stereocenters. The molecule has 2 N–H and O–H groups in total. The van der Waals surface area contributed by atoms with Crippen molar-refractivity contribution in [3.63, 3.8) is 0 Å². The van der Waals surface area contributed by atoms with Gasteiger partial charge in [0, 0.05) is 17.5 Å². The molecule has 0 saturated carbocycles. The average Bonchev–Trinajstić information content (AvgIpc) is 3.16. The first-order chi connectivity index (χ1) is 13.2. The molecule has 140 valence electrons. The maximum absolute atomic E-state index is 12.0. The number of amides is 2. The van der Waals surface area contributed by atoms with Crippen LogP contribution in [0.15, 0.2) is 60.0 Å². The zero-order valence-electron chi connectivity index (χ0n) is 15.3. The average molecular weight is 382 g/mol. The molecule has 5 nitrogen and oxygen atoms in total. The molecule has 0 aliphatic carbocycles. The monoisotopic (exact) mass is 381 g/mol. The molecule has 1 heterocycles. The first kappa shape index (κ1) is 18.9. The summed E-state index contributed by atoms with van der Waals surface area (Å²) in [6.45, 7) is 3.37. The standard InChI is InChI=1S/C21H23N3O2S/c1-2-14-26-18-10-8-17(9-11-18)19-15-27-21(23-19)24-20(25)22-13-12-16-6-4-3-5-7-16/h3-11,15H,2,12-14H2,1H3,(H2,22,23,24,25). The predicted octanol–water partition coefficient (Wildman–Crippen LogP) is 4.96. The highest BCUT2D eigenvalue weighted by Crippen LogP contribution is 2.26. The quantitative estimate of drug-likeness (QED) is 0.579. The lowest BCUT2D eigenvalue weighted by Crippen LogP contribution is -2.30. The Hall–Kier alpha value is -2.86. The molecule has 3 rings (SSSR count). The highest BCUT2D eigenvalue weighted by Gasteiger charge is 2.08. The van der Waals surface area contributed by atoms with Crippen molar-refractivity contribution < 1.29 is 9.53 Å². The first-order valence-corrected chi connectivity index (χ1v) is 9.90. The number of hydrogen-bond acceptors (Lipinski definition) is 4. The molecule has 0 unspecified atom stereocenters. The van der Waals surface area contributed by atoms with Gasteiger partial charge in [0.1, 0.15) is 5.75 Å². The summed E-state index contributed by atoms with van der Waals surface area (Å²) in [5, 5.41) is 8.16. The number of aromatic nitrogens is 1. The number of anilines is 1. The largest absolute Gasteiger partial charge is 0.494 e. The van der Waals surface area contributed by atoms with Crippen molar-refractivity contribution in [3.8, 4) is 17.0 Å². The molecule has 6 heteroatoms. The van der Waals surface area contributed by atoms with Crippen molar-refractivity contribution in [2.45, 2.75) is 19.8 Å². The van der Waals surface area contributed by atoms with Crippen molar-refractivity contribution in [2.24, 2.45) is 0 Å². The second-order valence-corrected chi connectivity index (χ2v) is 6.89. The van der Waals surface area contributed by atoms with Crippen LogP contribution in [0.1, 0.15) is 18.9 Å². The SMILES string of the molecule is CCCOc1ccc(-c2csc(NC(=O)NCCc3ccccc3)n2)cc1. The van der Waals surface area contributed by atoms with E-state index in [0.29, 0.717) is 18.3 Å². The van der Waals surface area contributed by atoms with Gasteiger partial charge < -0.3 is 10.1 Å². The second-order valence-electron chi connectivity index (χ2n) is 6.03. The van der Waals surface area contributed by atoms with Crippen molar-refractivity contribution in [1.82, 2.24) is 10.3 Å². The fourth-order valence-electron chi connectivity index (χ4n) is 2.51. The van der Waals surface area contributed by atoms with Crippen LogP contribution in [0, 0.1) is 0 Å². The van der Waals surface area contributed by atoms with Crippen LogP contribution in [0.5, 0.6) is 5.75 Å². The van der Waals surface area contributed by atoms with Crippen LogP contribution in [0.3, 0.4) is 0 Å².